The van der Waals surface area contributed by atoms with E-state index in [-0.39, 0.29) is 0 Å². The van der Waals surface area contributed by atoms with Gasteiger partial charge in [-0.05, 0) is 105 Å². The standard InChI is InChI=1S/C55H36N2/c1-4-16-39(17-5-1)55(49-25-13-10-22-43(49)44-23-11-14-26-50(44)55)40-30-33-53-48(36-40)47-34-37(29-32-52(47)56(53)41-18-6-2-7-19-41)38-28-31-46-45-24-12-15-27-51(45)57(54(46)35-38)42-20-8-3-9-21-42/h1-36H. The van der Waals surface area contributed by atoms with Crippen LogP contribution in [0.2, 0.25) is 0 Å². The minimum Gasteiger partial charge on any atom is -0.309 e. The lowest BCUT2D eigenvalue weighted by Crippen LogP contribution is -2.28. The fourth-order valence-corrected chi connectivity index (χ4v) is 10.0. The molecule has 0 spiro atoms. The van der Waals surface area contributed by atoms with Gasteiger partial charge in [-0.3, -0.25) is 0 Å². The summed E-state index contributed by atoms with van der Waals surface area (Å²) >= 11 is 0. The summed E-state index contributed by atoms with van der Waals surface area (Å²) in [5, 5.41) is 5.00. The predicted octanol–water partition coefficient (Wildman–Crippen LogP) is 13.9. The average Bonchev–Trinajstić information content (AvgIpc) is 3.91. The van der Waals surface area contributed by atoms with Crippen molar-refractivity contribution in [2.45, 2.75) is 5.41 Å². The van der Waals surface area contributed by atoms with Crippen molar-refractivity contribution in [3.63, 3.8) is 0 Å². The van der Waals surface area contributed by atoms with Crippen LogP contribution in [-0.2, 0) is 5.41 Å². The molecule has 0 unspecified atom stereocenters. The summed E-state index contributed by atoms with van der Waals surface area (Å²) < 4.78 is 4.83. The molecule has 0 amide bonds. The number of aromatic nitrogens is 2. The molecule has 11 aromatic rings. The Bertz CT molecular complexity index is 3290. The van der Waals surface area contributed by atoms with Gasteiger partial charge >= 0.3 is 0 Å². The van der Waals surface area contributed by atoms with E-state index in [1.807, 2.05) is 0 Å². The normalized spacial score (nSPS) is 13.1. The van der Waals surface area contributed by atoms with E-state index in [0.29, 0.717) is 0 Å². The van der Waals surface area contributed by atoms with Crippen LogP contribution in [-0.4, -0.2) is 9.13 Å². The molecule has 12 rings (SSSR count). The van der Waals surface area contributed by atoms with Gasteiger partial charge < -0.3 is 9.13 Å². The number of hydrogen-bond donors (Lipinski definition) is 0. The van der Waals surface area contributed by atoms with Gasteiger partial charge in [0.05, 0.1) is 27.5 Å². The van der Waals surface area contributed by atoms with Gasteiger partial charge in [-0.1, -0.05) is 158 Å². The van der Waals surface area contributed by atoms with E-state index in [4.69, 9.17) is 0 Å². The Hall–Kier alpha value is -7.42. The Morgan fingerprint density at radius 3 is 1.44 bits per heavy atom. The van der Waals surface area contributed by atoms with Crippen molar-refractivity contribution >= 4 is 43.6 Å². The van der Waals surface area contributed by atoms with Crippen molar-refractivity contribution in [1.82, 2.24) is 9.13 Å². The Morgan fingerprint density at radius 2 is 0.754 bits per heavy atom. The molecule has 0 saturated carbocycles. The lowest BCUT2D eigenvalue weighted by atomic mass is 9.67. The third-order valence-corrected chi connectivity index (χ3v) is 12.4. The Balaban J connectivity index is 1.14. The monoisotopic (exact) mass is 724 g/mol. The molecule has 2 nitrogen and oxygen atoms in total. The quantitative estimate of drug-likeness (QED) is 0.167. The second-order valence-corrected chi connectivity index (χ2v) is 15.3. The fraction of sp³-hybridized carbons (Fsp3) is 0.0182. The molecule has 0 atom stereocenters. The predicted molar refractivity (Wildman–Crippen MR) is 238 cm³/mol. The topological polar surface area (TPSA) is 9.86 Å². The lowest BCUT2D eigenvalue weighted by Gasteiger charge is -2.34. The van der Waals surface area contributed by atoms with E-state index in [9.17, 15) is 0 Å². The van der Waals surface area contributed by atoms with Gasteiger partial charge in [0.2, 0.25) is 0 Å². The van der Waals surface area contributed by atoms with Gasteiger partial charge in [-0.2, -0.15) is 0 Å². The number of hydrogen-bond acceptors (Lipinski definition) is 0. The Morgan fingerprint density at radius 1 is 0.281 bits per heavy atom. The first-order valence-electron chi connectivity index (χ1n) is 19.8. The smallest absolute Gasteiger partial charge is 0.0713 e. The van der Waals surface area contributed by atoms with Crippen molar-refractivity contribution in [1.29, 1.82) is 0 Å². The highest BCUT2D eigenvalue weighted by Gasteiger charge is 2.46. The van der Waals surface area contributed by atoms with E-state index in [1.54, 1.807) is 0 Å². The van der Waals surface area contributed by atoms with Crippen molar-refractivity contribution in [3.8, 4) is 33.6 Å². The molecule has 0 N–H and O–H groups in total. The Labute approximate surface area is 331 Å². The maximum atomic E-state index is 2.49. The molecule has 266 valence electrons. The molecule has 9 aromatic carbocycles. The van der Waals surface area contributed by atoms with Crippen LogP contribution in [0.5, 0.6) is 0 Å². The van der Waals surface area contributed by atoms with E-state index in [1.165, 1.54) is 88.1 Å². The zero-order chi connectivity index (χ0) is 37.5. The second kappa shape index (κ2) is 12.3. The van der Waals surface area contributed by atoms with Crippen LogP contribution >= 0.6 is 0 Å². The van der Waals surface area contributed by atoms with E-state index in [2.05, 4.69) is 228 Å². The summed E-state index contributed by atoms with van der Waals surface area (Å²) in [4.78, 5) is 0. The van der Waals surface area contributed by atoms with Crippen molar-refractivity contribution < 1.29 is 0 Å². The average molecular weight is 725 g/mol. The van der Waals surface area contributed by atoms with Gasteiger partial charge in [0.25, 0.3) is 0 Å². The number of rotatable bonds is 5. The number of para-hydroxylation sites is 3. The number of fused-ring (bicyclic) bond motifs is 9. The zero-order valence-electron chi connectivity index (χ0n) is 31.2. The van der Waals surface area contributed by atoms with Gasteiger partial charge in [0.1, 0.15) is 0 Å². The summed E-state index contributed by atoms with van der Waals surface area (Å²) in [7, 11) is 0. The summed E-state index contributed by atoms with van der Waals surface area (Å²) in [6.45, 7) is 0. The molecule has 0 radical (unpaired) electrons. The summed E-state index contributed by atoms with van der Waals surface area (Å²) in [6, 6.07) is 80.6. The largest absolute Gasteiger partial charge is 0.309 e. The molecule has 1 aliphatic rings. The molecular formula is C55H36N2. The van der Waals surface area contributed by atoms with Gasteiger partial charge in [-0.15, -0.1) is 0 Å². The molecule has 2 heterocycles. The van der Waals surface area contributed by atoms with Crippen LogP contribution in [0.1, 0.15) is 22.3 Å². The SMILES string of the molecule is c1ccc(-n2c3ccc(-c4ccc5c6ccccc6n(-c6ccccc6)c5c4)cc3c3cc(C4(c5ccccc5)c5ccccc5-c5ccccc54)ccc32)cc1. The van der Waals surface area contributed by atoms with Gasteiger partial charge in [0.15, 0.2) is 0 Å². The molecule has 0 aliphatic heterocycles. The molecular weight excluding hydrogens is 689 g/mol. The van der Waals surface area contributed by atoms with Crippen LogP contribution < -0.4 is 0 Å². The molecule has 2 heteroatoms. The highest BCUT2D eigenvalue weighted by molar-refractivity contribution is 6.13. The van der Waals surface area contributed by atoms with Crippen LogP contribution in [0.3, 0.4) is 0 Å². The molecule has 2 aromatic heterocycles. The maximum Gasteiger partial charge on any atom is 0.0713 e. The fourth-order valence-electron chi connectivity index (χ4n) is 10.0. The van der Waals surface area contributed by atoms with Crippen molar-refractivity contribution in [2.75, 3.05) is 0 Å². The van der Waals surface area contributed by atoms with Crippen LogP contribution in [0.15, 0.2) is 218 Å². The van der Waals surface area contributed by atoms with Crippen LogP contribution in [0.25, 0.3) is 77.2 Å². The van der Waals surface area contributed by atoms with E-state index in [0.717, 1.165) is 11.4 Å². The minimum absolute atomic E-state index is 0.475. The lowest BCUT2D eigenvalue weighted by molar-refractivity contribution is 0.770. The van der Waals surface area contributed by atoms with Crippen molar-refractivity contribution in [2.24, 2.45) is 0 Å². The van der Waals surface area contributed by atoms with E-state index < -0.39 is 5.41 Å². The molecule has 0 fully saturated rings. The third-order valence-electron chi connectivity index (χ3n) is 12.4. The van der Waals surface area contributed by atoms with Crippen LogP contribution in [0.4, 0.5) is 0 Å². The summed E-state index contributed by atoms with van der Waals surface area (Å²) in [5.74, 6) is 0. The minimum atomic E-state index is -0.475. The zero-order valence-corrected chi connectivity index (χ0v) is 31.2. The molecule has 1 aliphatic carbocycles. The highest BCUT2D eigenvalue weighted by Crippen LogP contribution is 2.56. The summed E-state index contributed by atoms with van der Waals surface area (Å²) in [5.41, 5.74) is 16.8. The third kappa shape index (κ3) is 4.53. The first-order chi connectivity index (χ1) is 28.3. The van der Waals surface area contributed by atoms with Crippen LogP contribution in [0, 0.1) is 0 Å². The number of nitrogens with zero attached hydrogens (tertiary/aromatic N) is 2. The first-order valence-corrected chi connectivity index (χ1v) is 19.8. The van der Waals surface area contributed by atoms with Gasteiger partial charge in [0, 0.05) is 32.9 Å². The molecule has 0 bridgehead atoms. The summed E-state index contributed by atoms with van der Waals surface area (Å²) in [6.07, 6.45) is 0. The molecule has 0 saturated heterocycles. The van der Waals surface area contributed by atoms with Crippen molar-refractivity contribution in [3.05, 3.63) is 241 Å². The highest BCUT2D eigenvalue weighted by atomic mass is 15.0. The van der Waals surface area contributed by atoms with Gasteiger partial charge in [-0.25, -0.2) is 0 Å². The number of benzene rings is 9. The molecule has 57 heavy (non-hydrogen) atoms. The Kier molecular flexibility index (Phi) is 6.88. The first kappa shape index (κ1) is 31.9. The maximum absolute atomic E-state index is 2.49. The van der Waals surface area contributed by atoms with E-state index >= 15 is 0 Å². The second-order valence-electron chi connectivity index (χ2n) is 15.3.